The third-order valence-electron chi connectivity index (χ3n) is 5.46. The van der Waals surface area contributed by atoms with Crippen molar-refractivity contribution in [1.82, 2.24) is 14.5 Å². The first kappa shape index (κ1) is 20.1. The highest BCUT2D eigenvalue weighted by atomic mass is 16.6. The zero-order chi connectivity index (χ0) is 21.5. The van der Waals surface area contributed by atoms with Gasteiger partial charge in [-0.2, -0.15) is 0 Å². The standard InChI is InChI=1S/C24H27N3O3/c1-16-8-5-6-9-17(16)14-27-21-19(10-7-12-25-21)18-11-13-26(15-20(18)22(27)28)23(29)30-24(2,3)4/h5-10,12H,11,13-15H2,1-4H3. The van der Waals surface area contributed by atoms with Crippen LogP contribution in [0.3, 0.4) is 0 Å². The van der Waals surface area contributed by atoms with Crippen molar-refractivity contribution >= 4 is 17.1 Å². The molecule has 0 aliphatic carbocycles. The number of nitrogens with zero attached hydrogens (tertiary/aromatic N) is 3. The van der Waals surface area contributed by atoms with Gasteiger partial charge in [-0.1, -0.05) is 24.3 Å². The molecule has 4 rings (SSSR count). The average Bonchev–Trinajstić information content (AvgIpc) is 2.71. The molecule has 3 heterocycles. The maximum atomic E-state index is 13.5. The van der Waals surface area contributed by atoms with Crippen molar-refractivity contribution in [2.45, 2.75) is 52.8 Å². The van der Waals surface area contributed by atoms with E-state index in [1.807, 2.05) is 64.1 Å². The van der Waals surface area contributed by atoms with Gasteiger partial charge in [0.15, 0.2) is 0 Å². The Morgan fingerprint density at radius 2 is 1.90 bits per heavy atom. The third kappa shape index (κ3) is 3.82. The zero-order valence-electron chi connectivity index (χ0n) is 17.9. The van der Waals surface area contributed by atoms with E-state index >= 15 is 0 Å². The molecule has 6 nitrogen and oxygen atoms in total. The normalized spacial score (nSPS) is 13.9. The van der Waals surface area contributed by atoms with Crippen molar-refractivity contribution in [2.24, 2.45) is 0 Å². The van der Waals surface area contributed by atoms with Crippen LogP contribution in [0, 0.1) is 6.92 Å². The fraction of sp³-hybridized carbons (Fsp3) is 0.375. The molecule has 0 N–H and O–H groups in total. The Morgan fingerprint density at radius 1 is 1.13 bits per heavy atom. The monoisotopic (exact) mass is 405 g/mol. The van der Waals surface area contributed by atoms with Gasteiger partial charge in [0.1, 0.15) is 11.2 Å². The van der Waals surface area contributed by atoms with Crippen molar-refractivity contribution in [3.63, 3.8) is 0 Å². The SMILES string of the molecule is Cc1ccccc1Cn1c(=O)c2c(c3cccnc31)CCN(C(=O)OC(C)(C)C)C2. The first-order valence-electron chi connectivity index (χ1n) is 10.3. The lowest BCUT2D eigenvalue weighted by Crippen LogP contribution is -2.43. The Hall–Kier alpha value is -3.15. The second-order valence-corrected chi connectivity index (χ2v) is 8.80. The Morgan fingerprint density at radius 3 is 2.63 bits per heavy atom. The van der Waals surface area contributed by atoms with Crippen LogP contribution in [-0.2, 0) is 24.2 Å². The number of amides is 1. The van der Waals surface area contributed by atoms with Gasteiger partial charge in [-0.3, -0.25) is 9.36 Å². The molecule has 0 fully saturated rings. The van der Waals surface area contributed by atoms with Crippen molar-refractivity contribution in [2.75, 3.05) is 6.54 Å². The molecule has 1 aromatic carbocycles. The van der Waals surface area contributed by atoms with Crippen LogP contribution in [0.15, 0.2) is 47.4 Å². The largest absolute Gasteiger partial charge is 0.444 e. The summed E-state index contributed by atoms with van der Waals surface area (Å²) in [5.41, 5.74) is 3.87. The molecule has 0 unspecified atom stereocenters. The van der Waals surface area contributed by atoms with Crippen LogP contribution >= 0.6 is 0 Å². The summed E-state index contributed by atoms with van der Waals surface area (Å²) in [5, 5.41) is 0.976. The smallest absolute Gasteiger partial charge is 0.410 e. The van der Waals surface area contributed by atoms with Crippen LogP contribution in [-0.4, -0.2) is 32.7 Å². The lowest BCUT2D eigenvalue weighted by molar-refractivity contribution is 0.0223. The van der Waals surface area contributed by atoms with Gasteiger partial charge in [0, 0.05) is 23.7 Å². The van der Waals surface area contributed by atoms with Gasteiger partial charge in [0.25, 0.3) is 5.56 Å². The van der Waals surface area contributed by atoms with E-state index in [9.17, 15) is 9.59 Å². The lowest BCUT2D eigenvalue weighted by atomic mass is 9.97. The minimum atomic E-state index is -0.574. The minimum Gasteiger partial charge on any atom is -0.444 e. The summed E-state index contributed by atoms with van der Waals surface area (Å²) in [5.74, 6) is 0. The first-order valence-corrected chi connectivity index (χ1v) is 10.3. The Kier molecular flexibility index (Phi) is 5.10. The molecular weight excluding hydrogens is 378 g/mol. The van der Waals surface area contributed by atoms with Crippen LogP contribution in [0.1, 0.15) is 43.0 Å². The van der Waals surface area contributed by atoms with E-state index in [4.69, 9.17) is 4.74 Å². The zero-order valence-corrected chi connectivity index (χ0v) is 17.9. The van der Waals surface area contributed by atoms with Gasteiger partial charge < -0.3 is 9.64 Å². The second kappa shape index (κ2) is 7.59. The molecule has 0 radical (unpaired) electrons. The molecule has 0 saturated carbocycles. The van der Waals surface area contributed by atoms with Gasteiger partial charge >= 0.3 is 6.09 Å². The number of aryl methyl sites for hydroxylation is 1. The molecule has 1 amide bonds. The van der Waals surface area contributed by atoms with E-state index in [2.05, 4.69) is 4.98 Å². The molecule has 3 aromatic rings. The average molecular weight is 405 g/mol. The maximum Gasteiger partial charge on any atom is 0.410 e. The molecule has 1 aliphatic rings. The third-order valence-corrected chi connectivity index (χ3v) is 5.46. The molecule has 156 valence electrons. The van der Waals surface area contributed by atoms with Gasteiger partial charge in [-0.05, 0) is 62.9 Å². The Bertz CT molecular complexity index is 1170. The maximum absolute atomic E-state index is 13.5. The number of fused-ring (bicyclic) bond motifs is 3. The van der Waals surface area contributed by atoms with Crippen LogP contribution < -0.4 is 5.56 Å². The number of benzene rings is 1. The fourth-order valence-electron chi connectivity index (χ4n) is 3.95. The van der Waals surface area contributed by atoms with E-state index in [-0.39, 0.29) is 18.2 Å². The molecule has 2 aromatic heterocycles. The number of ether oxygens (including phenoxy) is 1. The molecule has 0 saturated heterocycles. The Balaban J connectivity index is 1.80. The van der Waals surface area contributed by atoms with Crippen LogP contribution in [0.25, 0.3) is 11.0 Å². The van der Waals surface area contributed by atoms with Crippen LogP contribution in [0.2, 0.25) is 0 Å². The van der Waals surface area contributed by atoms with Gasteiger partial charge in [-0.15, -0.1) is 0 Å². The van der Waals surface area contributed by atoms with Gasteiger partial charge in [0.2, 0.25) is 0 Å². The number of rotatable bonds is 2. The van der Waals surface area contributed by atoms with E-state index in [1.165, 1.54) is 0 Å². The van der Waals surface area contributed by atoms with E-state index in [0.29, 0.717) is 30.7 Å². The topological polar surface area (TPSA) is 64.4 Å². The molecular formula is C24H27N3O3. The van der Waals surface area contributed by atoms with Gasteiger partial charge in [-0.25, -0.2) is 9.78 Å². The highest BCUT2D eigenvalue weighted by Gasteiger charge is 2.29. The highest BCUT2D eigenvalue weighted by Crippen LogP contribution is 2.26. The molecule has 0 spiro atoms. The summed E-state index contributed by atoms with van der Waals surface area (Å²) in [4.78, 5) is 32.3. The summed E-state index contributed by atoms with van der Waals surface area (Å²) < 4.78 is 7.26. The summed E-state index contributed by atoms with van der Waals surface area (Å²) in [6.07, 6.45) is 1.94. The summed E-state index contributed by atoms with van der Waals surface area (Å²) in [7, 11) is 0. The Labute approximate surface area is 176 Å². The number of carbonyl (C=O) groups is 1. The summed E-state index contributed by atoms with van der Waals surface area (Å²) in [6, 6.07) is 11.9. The summed E-state index contributed by atoms with van der Waals surface area (Å²) in [6.45, 7) is 8.79. The van der Waals surface area contributed by atoms with Crippen LogP contribution in [0.5, 0.6) is 0 Å². The number of hydrogen-bond acceptors (Lipinski definition) is 4. The predicted octanol–water partition coefficient (Wildman–Crippen LogP) is 4.05. The van der Waals surface area contributed by atoms with E-state index in [1.54, 1.807) is 15.7 Å². The van der Waals surface area contributed by atoms with E-state index in [0.717, 1.165) is 22.1 Å². The second-order valence-electron chi connectivity index (χ2n) is 8.80. The van der Waals surface area contributed by atoms with Crippen molar-refractivity contribution in [3.8, 4) is 0 Å². The molecule has 0 atom stereocenters. The molecule has 30 heavy (non-hydrogen) atoms. The van der Waals surface area contributed by atoms with E-state index < -0.39 is 5.60 Å². The fourth-order valence-corrected chi connectivity index (χ4v) is 3.95. The number of carbonyl (C=O) groups excluding carboxylic acids is 1. The van der Waals surface area contributed by atoms with Gasteiger partial charge in [0.05, 0.1) is 13.1 Å². The number of aromatic nitrogens is 2. The first-order chi connectivity index (χ1) is 14.2. The molecule has 6 heteroatoms. The summed E-state index contributed by atoms with van der Waals surface area (Å²) >= 11 is 0. The van der Waals surface area contributed by atoms with Crippen molar-refractivity contribution < 1.29 is 9.53 Å². The van der Waals surface area contributed by atoms with Crippen molar-refractivity contribution in [3.05, 3.63) is 75.2 Å². The van der Waals surface area contributed by atoms with Crippen molar-refractivity contribution in [1.29, 1.82) is 0 Å². The molecule has 1 aliphatic heterocycles. The lowest BCUT2D eigenvalue weighted by Gasteiger charge is -2.31. The number of hydrogen-bond donors (Lipinski definition) is 0. The highest BCUT2D eigenvalue weighted by molar-refractivity contribution is 5.81. The predicted molar refractivity (Wildman–Crippen MR) is 117 cm³/mol. The quantitative estimate of drug-likeness (QED) is 0.645. The molecule has 0 bridgehead atoms. The van der Waals surface area contributed by atoms with Crippen LogP contribution in [0.4, 0.5) is 4.79 Å². The number of pyridine rings is 2. The minimum absolute atomic E-state index is 0.0901.